The minimum absolute atomic E-state index is 0.0728. The van der Waals surface area contributed by atoms with Crippen LogP contribution in [-0.4, -0.2) is 18.4 Å². The highest BCUT2D eigenvalue weighted by atomic mass is 16.2. The van der Waals surface area contributed by atoms with E-state index in [0.29, 0.717) is 6.54 Å². The molecule has 4 nitrogen and oxygen atoms in total. The van der Waals surface area contributed by atoms with Crippen molar-refractivity contribution >= 4 is 23.2 Å². The normalized spacial score (nSPS) is 10.1. The molecule has 2 rings (SSSR count). The van der Waals surface area contributed by atoms with Gasteiger partial charge in [0.2, 0.25) is 11.8 Å². The van der Waals surface area contributed by atoms with Crippen LogP contribution in [0.25, 0.3) is 0 Å². The van der Waals surface area contributed by atoms with Gasteiger partial charge in [0, 0.05) is 31.3 Å². The third-order valence-corrected chi connectivity index (χ3v) is 3.35. The Hall–Kier alpha value is -2.62. The molecule has 22 heavy (non-hydrogen) atoms. The van der Waals surface area contributed by atoms with Crippen molar-refractivity contribution in [1.29, 1.82) is 0 Å². The molecular weight excluding hydrogens is 276 g/mol. The molecule has 0 aromatic heterocycles. The van der Waals surface area contributed by atoms with Gasteiger partial charge in [0.25, 0.3) is 0 Å². The minimum Gasteiger partial charge on any atom is -0.326 e. The lowest BCUT2D eigenvalue weighted by atomic mass is 10.2. The molecule has 0 saturated carbocycles. The van der Waals surface area contributed by atoms with Crippen molar-refractivity contribution in [2.45, 2.75) is 20.3 Å². The van der Waals surface area contributed by atoms with E-state index in [0.717, 1.165) is 16.9 Å². The maximum absolute atomic E-state index is 12.0. The van der Waals surface area contributed by atoms with Gasteiger partial charge in [-0.15, -0.1) is 0 Å². The molecule has 0 saturated heterocycles. The average Bonchev–Trinajstić information content (AvgIpc) is 2.50. The maximum atomic E-state index is 12.0. The average molecular weight is 296 g/mol. The first kappa shape index (κ1) is 15.8. The highest BCUT2D eigenvalue weighted by molar-refractivity contribution is 5.94. The molecule has 2 aromatic carbocycles. The molecule has 2 aromatic rings. The summed E-state index contributed by atoms with van der Waals surface area (Å²) in [7, 11) is 0. The van der Waals surface area contributed by atoms with E-state index < -0.39 is 0 Å². The standard InChI is InChI=1S/C18H20N2O2/c1-14-8-10-17(11-9-14)20(15(2)21)13-12-18(22)19-16-6-4-3-5-7-16/h3-11H,12-13H2,1-2H3,(H,19,22). The number of hydrogen-bond acceptors (Lipinski definition) is 2. The van der Waals surface area contributed by atoms with Crippen LogP contribution in [-0.2, 0) is 9.59 Å². The van der Waals surface area contributed by atoms with Crippen molar-refractivity contribution in [1.82, 2.24) is 0 Å². The van der Waals surface area contributed by atoms with Gasteiger partial charge in [0.05, 0.1) is 0 Å². The van der Waals surface area contributed by atoms with Gasteiger partial charge >= 0.3 is 0 Å². The Kier molecular flexibility index (Phi) is 5.31. The van der Waals surface area contributed by atoms with Gasteiger partial charge in [-0.2, -0.15) is 0 Å². The highest BCUT2D eigenvalue weighted by Gasteiger charge is 2.13. The number of anilines is 2. The summed E-state index contributed by atoms with van der Waals surface area (Å²) in [5, 5.41) is 2.82. The van der Waals surface area contributed by atoms with Crippen LogP contribution in [0.4, 0.5) is 11.4 Å². The van der Waals surface area contributed by atoms with Crippen LogP contribution >= 0.6 is 0 Å². The van der Waals surface area contributed by atoms with Gasteiger partial charge in [0.1, 0.15) is 0 Å². The summed E-state index contributed by atoms with van der Waals surface area (Å²) in [6.07, 6.45) is 0.252. The molecule has 114 valence electrons. The number of carbonyl (C=O) groups is 2. The summed E-state index contributed by atoms with van der Waals surface area (Å²) in [6.45, 7) is 3.86. The van der Waals surface area contributed by atoms with E-state index >= 15 is 0 Å². The van der Waals surface area contributed by atoms with Crippen LogP contribution in [0.3, 0.4) is 0 Å². The molecule has 0 aliphatic rings. The highest BCUT2D eigenvalue weighted by Crippen LogP contribution is 2.16. The van der Waals surface area contributed by atoms with Crippen LogP contribution in [0.1, 0.15) is 18.9 Å². The number of para-hydroxylation sites is 1. The van der Waals surface area contributed by atoms with Crippen molar-refractivity contribution < 1.29 is 9.59 Å². The van der Waals surface area contributed by atoms with Crippen LogP contribution in [0.15, 0.2) is 54.6 Å². The minimum atomic E-state index is -0.107. The van der Waals surface area contributed by atoms with Gasteiger partial charge in [-0.25, -0.2) is 0 Å². The van der Waals surface area contributed by atoms with Crippen molar-refractivity contribution in [2.75, 3.05) is 16.8 Å². The molecule has 0 aliphatic heterocycles. The second-order valence-corrected chi connectivity index (χ2v) is 5.17. The summed E-state index contributed by atoms with van der Waals surface area (Å²) in [5.41, 5.74) is 2.71. The monoisotopic (exact) mass is 296 g/mol. The molecule has 0 heterocycles. The summed E-state index contributed by atoms with van der Waals surface area (Å²) < 4.78 is 0. The number of aryl methyl sites for hydroxylation is 1. The fourth-order valence-electron chi connectivity index (χ4n) is 2.15. The predicted molar refractivity (Wildman–Crippen MR) is 88.9 cm³/mol. The molecule has 0 aliphatic carbocycles. The lowest BCUT2D eigenvalue weighted by molar-refractivity contribution is -0.117. The third-order valence-electron chi connectivity index (χ3n) is 3.35. The van der Waals surface area contributed by atoms with E-state index in [1.54, 1.807) is 4.90 Å². The summed E-state index contributed by atoms with van der Waals surface area (Å²) in [4.78, 5) is 25.4. The molecule has 0 unspecified atom stereocenters. The zero-order valence-electron chi connectivity index (χ0n) is 12.9. The van der Waals surface area contributed by atoms with E-state index in [9.17, 15) is 9.59 Å². The Morgan fingerprint density at radius 1 is 1.00 bits per heavy atom. The van der Waals surface area contributed by atoms with Gasteiger partial charge in [-0.1, -0.05) is 35.9 Å². The van der Waals surface area contributed by atoms with Crippen LogP contribution in [0.5, 0.6) is 0 Å². The maximum Gasteiger partial charge on any atom is 0.226 e. The first-order valence-electron chi connectivity index (χ1n) is 7.26. The Labute approximate surface area is 130 Å². The Morgan fingerprint density at radius 2 is 1.64 bits per heavy atom. The SMILES string of the molecule is CC(=O)N(CCC(=O)Nc1ccccc1)c1ccc(C)cc1. The van der Waals surface area contributed by atoms with Crippen molar-refractivity contribution in [3.63, 3.8) is 0 Å². The number of nitrogens with one attached hydrogen (secondary N) is 1. The van der Waals surface area contributed by atoms with Crippen LogP contribution in [0.2, 0.25) is 0 Å². The van der Waals surface area contributed by atoms with Gasteiger partial charge in [0.15, 0.2) is 0 Å². The number of hydrogen-bond donors (Lipinski definition) is 1. The number of rotatable bonds is 5. The lowest BCUT2D eigenvalue weighted by Crippen LogP contribution is -2.31. The van der Waals surface area contributed by atoms with E-state index in [4.69, 9.17) is 0 Å². The quantitative estimate of drug-likeness (QED) is 0.919. The lowest BCUT2D eigenvalue weighted by Gasteiger charge is -2.21. The summed E-state index contributed by atoms with van der Waals surface area (Å²) in [6, 6.07) is 17.0. The first-order valence-corrected chi connectivity index (χ1v) is 7.26. The first-order chi connectivity index (χ1) is 10.6. The molecule has 0 bridgehead atoms. The van der Waals surface area contributed by atoms with Gasteiger partial charge in [-0.3, -0.25) is 9.59 Å². The summed E-state index contributed by atoms with van der Waals surface area (Å²) >= 11 is 0. The Balaban J connectivity index is 1.96. The largest absolute Gasteiger partial charge is 0.326 e. The van der Waals surface area contributed by atoms with Crippen LogP contribution in [0, 0.1) is 6.92 Å². The molecule has 0 radical (unpaired) electrons. The molecule has 0 spiro atoms. The fourth-order valence-corrected chi connectivity index (χ4v) is 2.15. The van der Waals surface area contributed by atoms with E-state index in [1.165, 1.54) is 6.92 Å². The van der Waals surface area contributed by atoms with E-state index in [2.05, 4.69) is 5.32 Å². The van der Waals surface area contributed by atoms with Gasteiger partial charge in [-0.05, 0) is 31.2 Å². The van der Waals surface area contributed by atoms with E-state index in [-0.39, 0.29) is 18.2 Å². The van der Waals surface area contributed by atoms with E-state index in [1.807, 2.05) is 61.5 Å². The summed E-state index contributed by atoms with van der Waals surface area (Å²) in [5.74, 6) is -0.180. The third kappa shape index (κ3) is 4.45. The second-order valence-electron chi connectivity index (χ2n) is 5.17. The Bertz CT molecular complexity index is 636. The number of amides is 2. The Morgan fingerprint density at radius 3 is 2.23 bits per heavy atom. The molecular formula is C18H20N2O2. The number of nitrogens with zero attached hydrogens (tertiary/aromatic N) is 1. The molecule has 1 N–H and O–H groups in total. The fraction of sp³-hybridized carbons (Fsp3) is 0.222. The molecule has 0 atom stereocenters. The second kappa shape index (κ2) is 7.41. The molecule has 2 amide bonds. The number of benzene rings is 2. The topological polar surface area (TPSA) is 49.4 Å². The van der Waals surface area contributed by atoms with Gasteiger partial charge < -0.3 is 10.2 Å². The van der Waals surface area contributed by atoms with Crippen molar-refractivity contribution in [3.8, 4) is 0 Å². The molecule has 0 fully saturated rings. The van der Waals surface area contributed by atoms with Crippen molar-refractivity contribution in [2.24, 2.45) is 0 Å². The van der Waals surface area contributed by atoms with Crippen LogP contribution < -0.4 is 10.2 Å². The zero-order chi connectivity index (χ0) is 15.9. The van der Waals surface area contributed by atoms with Crippen molar-refractivity contribution in [3.05, 3.63) is 60.2 Å². The number of carbonyl (C=O) groups excluding carboxylic acids is 2. The predicted octanol–water partition coefficient (Wildman–Crippen LogP) is 3.38. The smallest absolute Gasteiger partial charge is 0.226 e. The molecule has 4 heteroatoms. The zero-order valence-corrected chi connectivity index (χ0v) is 12.9.